The maximum Gasteiger partial charge on any atom is 0.321 e. The molecule has 2 aromatic rings. The molecular formula is C17H15NO2. The number of fused-ring (bicyclic) bond motifs is 2. The van der Waals surface area contributed by atoms with Crippen LogP contribution in [0, 0.1) is 0 Å². The molecule has 0 saturated carbocycles. The molecule has 20 heavy (non-hydrogen) atoms. The van der Waals surface area contributed by atoms with Gasteiger partial charge < -0.3 is 10.8 Å². The Morgan fingerprint density at radius 3 is 1.85 bits per heavy atom. The van der Waals surface area contributed by atoms with Crippen molar-refractivity contribution in [2.75, 3.05) is 0 Å². The van der Waals surface area contributed by atoms with Gasteiger partial charge in [-0.2, -0.15) is 0 Å². The number of hydrogen-bond acceptors (Lipinski definition) is 2. The predicted molar refractivity (Wildman–Crippen MR) is 79.3 cm³/mol. The molecule has 0 aromatic heterocycles. The van der Waals surface area contributed by atoms with Crippen molar-refractivity contribution in [2.45, 2.75) is 12.0 Å². The van der Waals surface area contributed by atoms with Crippen LogP contribution in [-0.2, 0) is 4.79 Å². The Hall–Kier alpha value is -2.39. The van der Waals surface area contributed by atoms with Gasteiger partial charge in [-0.05, 0) is 22.3 Å². The summed E-state index contributed by atoms with van der Waals surface area (Å²) >= 11 is 0. The van der Waals surface area contributed by atoms with Crippen molar-refractivity contribution in [2.24, 2.45) is 5.73 Å². The highest BCUT2D eigenvalue weighted by Crippen LogP contribution is 2.36. The lowest BCUT2D eigenvalue weighted by Crippen LogP contribution is -2.37. The standard InChI is InChI=1S/C17H15NO2/c18-16(17(19)20)15-13-7-3-1-5-11(13)9-10-12-6-2-4-8-14(12)15/h1-10,15-16H,18H2,(H,19,20)/t16-/m1/s1. The van der Waals surface area contributed by atoms with Gasteiger partial charge in [0.2, 0.25) is 0 Å². The average Bonchev–Trinajstić information content (AvgIpc) is 2.63. The van der Waals surface area contributed by atoms with Crippen molar-refractivity contribution < 1.29 is 9.90 Å². The maximum atomic E-state index is 11.4. The van der Waals surface area contributed by atoms with E-state index >= 15 is 0 Å². The summed E-state index contributed by atoms with van der Waals surface area (Å²) < 4.78 is 0. The predicted octanol–water partition coefficient (Wildman–Crippen LogP) is 2.71. The van der Waals surface area contributed by atoms with E-state index in [-0.39, 0.29) is 5.92 Å². The highest BCUT2D eigenvalue weighted by atomic mass is 16.4. The number of hydrogen-bond donors (Lipinski definition) is 2. The van der Waals surface area contributed by atoms with E-state index in [1.165, 1.54) is 0 Å². The number of aliphatic carboxylic acids is 1. The molecule has 1 aliphatic rings. The van der Waals surface area contributed by atoms with Crippen LogP contribution >= 0.6 is 0 Å². The van der Waals surface area contributed by atoms with Gasteiger partial charge in [-0.1, -0.05) is 60.7 Å². The summed E-state index contributed by atoms with van der Waals surface area (Å²) in [4.78, 5) is 11.4. The summed E-state index contributed by atoms with van der Waals surface area (Å²) in [5.41, 5.74) is 9.92. The Bertz CT molecular complexity index is 641. The molecule has 3 rings (SSSR count). The second kappa shape index (κ2) is 4.94. The molecule has 0 radical (unpaired) electrons. The Kier molecular flexibility index (Phi) is 3.12. The van der Waals surface area contributed by atoms with Crippen molar-refractivity contribution in [3.8, 4) is 0 Å². The van der Waals surface area contributed by atoms with Crippen LogP contribution in [0.1, 0.15) is 28.2 Å². The van der Waals surface area contributed by atoms with Gasteiger partial charge in [0, 0.05) is 5.92 Å². The van der Waals surface area contributed by atoms with Gasteiger partial charge in [0.25, 0.3) is 0 Å². The molecule has 0 spiro atoms. The smallest absolute Gasteiger partial charge is 0.321 e. The summed E-state index contributed by atoms with van der Waals surface area (Å²) in [7, 11) is 0. The molecule has 0 amide bonds. The van der Waals surface area contributed by atoms with Crippen LogP contribution < -0.4 is 5.73 Å². The van der Waals surface area contributed by atoms with Gasteiger partial charge >= 0.3 is 5.97 Å². The van der Waals surface area contributed by atoms with Crippen LogP contribution in [0.4, 0.5) is 0 Å². The Morgan fingerprint density at radius 2 is 1.40 bits per heavy atom. The number of benzene rings is 2. The Morgan fingerprint density at radius 1 is 0.950 bits per heavy atom. The van der Waals surface area contributed by atoms with E-state index in [0.29, 0.717) is 0 Å². The second-order valence-corrected chi connectivity index (χ2v) is 4.93. The summed E-state index contributed by atoms with van der Waals surface area (Å²) in [6.45, 7) is 0. The van der Waals surface area contributed by atoms with Crippen molar-refractivity contribution in [1.29, 1.82) is 0 Å². The molecule has 3 nitrogen and oxygen atoms in total. The molecule has 1 atom stereocenters. The van der Waals surface area contributed by atoms with E-state index in [1.54, 1.807) is 0 Å². The minimum atomic E-state index is -0.985. The molecule has 0 bridgehead atoms. The van der Waals surface area contributed by atoms with E-state index in [1.807, 2.05) is 60.7 Å². The Balaban J connectivity index is 2.26. The van der Waals surface area contributed by atoms with E-state index in [2.05, 4.69) is 0 Å². The molecule has 0 heterocycles. The van der Waals surface area contributed by atoms with E-state index < -0.39 is 12.0 Å². The van der Waals surface area contributed by atoms with Crippen molar-refractivity contribution in [3.63, 3.8) is 0 Å². The van der Waals surface area contributed by atoms with E-state index in [0.717, 1.165) is 22.3 Å². The highest BCUT2D eigenvalue weighted by Gasteiger charge is 2.30. The number of carboxylic acid groups (broad SMARTS) is 1. The molecular weight excluding hydrogens is 250 g/mol. The lowest BCUT2D eigenvalue weighted by molar-refractivity contribution is -0.138. The lowest BCUT2D eigenvalue weighted by Gasteiger charge is -2.23. The van der Waals surface area contributed by atoms with Gasteiger partial charge in [0.1, 0.15) is 6.04 Å². The third-order valence-corrected chi connectivity index (χ3v) is 3.75. The molecule has 3 heteroatoms. The fourth-order valence-electron chi connectivity index (χ4n) is 2.77. The topological polar surface area (TPSA) is 63.3 Å². The number of carboxylic acids is 1. The zero-order valence-corrected chi connectivity index (χ0v) is 10.9. The summed E-state index contributed by atoms with van der Waals surface area (Å²) in [6, 6.07) is 14.6. The van der Waals surface area contributed by atoms with Gasteiger partial charge in [-0.25, -0.2) is 0 Å². The molecule has 0 fully saturated rings. The first kappa shape index (κ1) is 12.6. The molecule has 0 unspecified atom stereocenters. The largest absolute Gasteiger partial charge is 0.480 e. The van der Waals surface area contributed by atoms with Crippen LogP contribution in [0.5, 0.6) is 0 Å². The maximum absolute atomic E-state index is 11.4. The van der Waals surface area contributed by atoms with Gasteiger partial charge in [-0.15, -0.1) is 0 Å². The SMILES string of the molecule is N[C@@H](C(=O)O)C1c2ccccc2C=Cc2ccccc21. The molecule has 1 aliphatic carbocycles. The first-order chi connectivity index (χ1) is 9.68. The summed E-state index contributed by atoms with van der Waals surface area (Å²) in [5.74, 6) is -1.32. The minimum absolute atomic E-state index is 0.338. The minimum Gasteiger partial charge on any atom is -0.480 e. The monoisotopic (exact) mass is 265 g/mol. The Labute approximate surface area is 117 Å². The third-order valence-electron chi connectivity index (χ3n) is 3.75. The van der Waals surface area contributed by atoms with Gasteiger partial charge in [-0.3, -0.25) is 4.79 Å². The highest BCUT2D eigenvalue weighted by molar-refractivity contribution is 5.81. The van der Waals surface area contributed by atoms with Crippen molar-refractivity contribution >= 4 is 18.1 Å². The van der Waals surface area contributed by atoms with Crippen LogP contribution in [0.25, 0.3) is 12.2 Å². The normalized spacial score (nSPS) is 15.1. The van der Waals surface area contributed by atoms with E-state index in [9.17, 15) is 9.90 Å². The fourth-order valence-corrected chi connectivity index (χ4v) is 2.77. The molecule has 100 valence electrons. The quantitative estimate of drug-likeness (QED) is 0.877. The summed E-state index contributed by atoms with van der Waals surface area (Å²) in [5, 5.41) is 9.33. The first-order valence-electron chi connectivity index (χ1n) is 6.53. The number of carbonyl (C=O) groups is 1. The summed E-state index contributed by atoms with van der Waals surface area (Å²) in [6.07, 6.45) is 4.03. The van der Waals surface area contributed by atoms with Crippen molar-refractivity contribution in [3.05, 3.63) is 70.8 Å². The first-order valence-corrected chi connectivity index (χ1v) is 6.53. The van der Waals surface area contributed by atoms with E-state index in [4.69, 9.17) is 5.73 Å². The zero-order chi connectivity index (χ0) is 14.1. The van der Waals surface area contributed by atoms with Gasteiger partial charge in [0.05, 0.1) is 0 Å². The van der Waals surface area contributed by atoms with Crippen molar-refractivity contribution in [1.82, 2.24) is 0 Å². The van der Waals surface area contributed by atoms with Crippen LogP contribution in [0.2, 0.25) is 0 Å². The van der Waals surface area contributed by atoms with Crippen LogP contribution in [0.15, 0.2) is 48.5 Å². The molecule has 0 aliphatic heterocycles. The number of rotatable bonds is 2. The molecule has 3 N–H and O–H groups in total. The fraction of sp³-hybridized carbons (Fsp3) is 0.118. The zero-order valence-electron chi connectivity index (χ0n) is 10.9. The lowest BCUT2D eigenvalue weighted by atomic mass is 9.82. The van der Waals surface area contributed by atoms with Crippen LogP contribution in [-0.4, -0.2) is 17.1 Å². The number of nitrogens with two attached hydrogens (primary N) is 1. The third kappa shape index (κ3) is 2.02. The molecule has 0 saturated heterocycles. The molecule has 2 aromatic carbocycles. The average molecular weight is 265 g/mol. The van der Waals surface area contributed by atoms with Crippen LogP contribution in [0.3, 0.4) is 0 Å². The van der Waals surface area contributed by atoms with Gasteiger partial charge in [0.15, 0.2) is 0 Å². The second-order valence-electron chi connectivity index (χ2n) is 4.93.